The Morgan fingerprint density at radius 3 is 2.38 bits per heavy atom. The molecule has 0 saturated carbocycles. The highest BCUT2D eigenvalue weighted by atomic mass is 35.5. The Labute approximate surface area is 149 Å². The fourth-order valence-electron chi connectivity index (χ4n) is 2.66. The van der Waals surface area contributed by atoms with Gasteiger partial charge in [-0.25, -0.2) is 4.79 Å². The van der Waals surface area contributed by atoms with Crippen molar-refractivity contribution in [3.8, 4) is 0 Å². The van der Waals surface area contributed by atoms with Crippen LogP contribution in [0.3, 0.4) is 0 Å². The van der Waals surface area contributed by atoms with Crippen LogP contribution in [-0.2, 0) is 11.2 Å². The zero-order chi connectivity index (χ0) is 17.5. The Hall–Kier alpha value is -1.75. The Kier molecular flexibility index (Phi) is 6.91. The van der Waals surface area contributed by atoms with E-state index >= 15 is 0 Å². The van der Waals surface area contributed by atoms with E-state index in [-0.39, 0.29) is 11.9 Å². The van der Waals surface area contributed by atoms with Crippen molar-refractivity contribution in [1.82, 2.24) is 15.1 Å². The van der Waals surface area contributed by atoms with Crippen LogP contribution in [-0.4, -0.2) is 54.5 Å². The molecule has 1 aliphatic rings. The van der Waals surface area contributed by atoms with E-state index in [2.05, 4.69) is 19.2 Å². The molecule has 1 heterocycles. The van der Waals surface area contributed by atoms with Crippen molar-refractivity contribution in [1.29, 1.82) is 0 Å². The van der Waals surface area contributed by atoms with E-state index < -0.39 is 0 Å². The molecule has 5 nitrogen and oxygen atoms in total. The van der Waals surface area contributed by atoms with Crippen molar-refractivity contribution < 1.29 is 9.59 Å². The maximum Gasteiger partial charge on any atom is 0.317 e. The second-order valence-electron chi connectivity index (χ2n) is 6.60. The van der Waals surface area contributed by atoms with Crippen molar-refractivity contribution in [2.75, 3.05) is 32.7 Å². The van der Waals surface area contributed by atoms with Gasteiger partial charge >= 0.3 is 6.03 Å². The summed E-state index contributed by atoms with van der Waals surface area (Å²) in [6, 6.07) is 7.32. The van der Waals surface area contributed by atoms with Gasteiger partial charge in [0, 0.05) is 37.7 Å². The molecular weight excluding hydrogens is 326 g/mol. The van der Waals surface area contributed by atoms with Crippen LogP contribution in [0.2, 0.25) is 5.02 Å². The van der Waals surface area contributed by atoms with Crippen LogP contribution in [0.15, 0.2) is 24.3 Å². The lowest BCUT2D eigenvalue weighted by atomic mass is 10.1. The van der Waals surface area contributed by atoms with Gasteiger partial charge < -0.3 is 15.1 Å². The topological polar surface area (TPSA) is 52.7 Å². The molecule has 0 radical (unpaired) electrons. The summed E-state index contributed by atoms with van der Waals surface area (Å²) in [5.74, 6) is 0.528. The third-order valence-corrected chi connectivity index (χ3v) is 4.32. The first kappa shape index (κ1) is 18.6. The highest BCUT2D eigenvalue weighted by Crippen LogP contribution is 2.12. The molecule has 1 aromatic rings. The highest BCUT2D eigenvalue weighted by Gasteiger charge is 2.22. The molecule has 3 amide bonds. The zero-order valence-corrected chi connectivity index (χ0v) is 15.2. The molecule has 0 unspecified atom stereocenters. The van der Waals surface area contributed by atoms with E-state index in [0.29, 0.717) is 50.1 Å². The lowest BCUT2D eigenvalue weighted by Crippen LogP contribution is -2.43. The summed E-state index contributed by atoms with van der Waals surface area (Å²) in [5, 5.41) is 3.61. The average Bonchev–Trinajstić information content (AvgIpc) is 2.81. The number of hydrogen-bond acceptors (Lipinski definition) is 2. The third-order valence-electron chi connectivity index (χ3n) is 4.07. The summed E-state index contributed by atoms with van der Waals surface area (Å²) in [5.41, 5.74) is 0.958. The van der Waals surface area contributed by atoms with Crippen LogP contribution in [0.25, 0.3) is 0 Å². The summed E-state index contributed by atoms with van der Waals surface area (Å²) in [6.07, 6.45) is 1.18. The summed E-state index contributed by atoms with van der Waals surface area (Å²) >= 11 is 5.87. The molecule has 0 aromatic heterocycles. The Morgan fingerprint density at radius 2 is 1.71 bits per heavy atom. The molecule has 2 rings (SSSR count). The molecule has 0 atom stereocenters. The number of urea groups is 1. The molecule has 1 aromatic carbocycles. The molecule has 1 aliphatic heterocycles. The first-order valence-electron chi connectivity index (χ1n) is 8.50. The summed E-state index contributed by atoms with van der Waals surface area (Å²) in [6.45, 7) is 7.36. The molecule has 1 N–H and O–H groups in total. The maximum absolute atomic E-state index is 12.5. The zero-order valence-electron chi connectivity index (χ0n) is 14.4. The Balaban J connectivity index is 1.84. The number of carbonyl (C=O) groups excluding carboxylic acids is 2. The minimum absolute atomic E-state index is 0.0318. The number of nitrogens with one attached hydrogen (secondary N) is 1. The van der Waals surface area contributed by atoms with E-state index in [0.717, 1.165) is 12.0 Å². The van der Waals surface area contributed by atoms with E-state index in [4.69, 9.17) is 11.6 Å². The largest absolute Gasteiger partial charge is 0.341 e. The van der Waals surface area contributed by atoms with Crippen LogP contribution >= 0.6 is 11.6 Å². The standard InChI is InChI=1S/C18H26ClN3O2/c1-14(2)13-20-18(24)22-9-3-8-21(10-11-22)17(23)12-15-4-6-16(19)7-5-15/h4-7,14H,3,8-13H2,1-2H3,(H,20,24). The molecule has 1 saturated heterocycles. The van der Waals surface area contributed by atoms with Crippen molar-refractivity contribution in [3.63, 3.8) is 0 Å². The second-order valence-corrected chi connectivity index (χ2v) is 7.04. The summed E-state index contributed by atoms with van der Waals surface area (Å²) < 4.78 is 0. The van der Waals surface area contributed by atoms with Gasteiger partial charge in [0.2, 0.25) is 5.91 Å². The van der Waals surface area contributed by atoms with Gasteiger partial charge in [0.25, 0.3) is 0 Å². The van der Waals surface area contributed by atoms with Gasteiger partial charge in [0.1, 0.15) is 0 Å². The monoisotopic (exact) mass is 351 g/mol. The average molecular weight is 352 g/mol. The molecule has 132 valence electrons. The number of amides is 3. The van der Waals surface area contributed by atoms with Gasteiger partial charge in [-0.05, 0) is 30.0 Å². The van der Waals surface area contributed by atoms with E-state index in [1.54, 1.807) is 17.0 Å². The van der Waals surface area contributed by atoms with E-state index in [9.17, 15) is 9.59 Å². The van der Waals surface area contributed by atoms with Crippen LogP contribution in [0.4, 0.5) is 4.79 Å². The smallest absolute Gasteiger partial charge is 0.317 e. The normalized spacial score (nSPS) is 15.3. The SMILES string of the molecule is CC(C)CNC(=O)N1CCCN(C(=O)Cc2ccc(Cl)cc2)CC1. The molecule has 0 bridgehead atoms. The van der Waals surface area contributed by atoms with Gasteiger partial charge in [-0.1, -0.05) is 37.6 Å². The number of hydrogen-bond donors (Lipinski definition) is 1. The van der Waals surface area contributed by atoms with Crippen LogP contribution < -0.4 is 5.32 Å². The molecule has 6 heteroatoms. The highest BCUT2D eigenvalue weighted by molar-refractivity contribution is 6.30. The maximum atomic E-state index is 12.5. The van der Waals surface area contributed by atoms with Gasteiger partial charge in [0.15, 0.2) is 0 Å². The van der Waals surface area contributed by atoms with Gasteiger partial charge in [-0.3, -0.25) is 4.79 Å². The second kappa shape index (κ2) is 8.92. The van der Waals surface area contributed by atoms with E-state index in [1.165, 1.54) is 0 Å². The predicted molar refractivity (Wildman–Crippen MR) is 96.2 cm³/mol. The van der Waals surface area contributed by atoms with Crippen LogP contribution in [0.1, 0.15) is 25.8 Å². The minimum atomic E-state index is -0.0318. The fraction of sp³-hybridized carbons (Fsp3) is 0.556. The number of carbonyl (C=O) groups is 2. The lowest BCUT2D eigenvalue weighted by Gasteiger charge is -2.23. The number of benzene rings is 1. The molecular formula is C18H26ClN3O2. The number of halogens is 1. The van der Waals surface area contributed by atoms with Crippen LogP contribution in [0.5, 0.6) is 0 Å². The van der Waals surface area contributed by atoms with Crippen molar-refractivity contribution in [2.45, 2.75) is 26.7 Å². The quantitative estimate of drug-likeness (QED) is 0.906. The van der Waals surface area contributed by atoms with Gasteiger partial charge in [-0.2, -0.15) is 0 Å². The number of rotatable bonds is 4. The van der Waals surface area contributed by atoms with Crippen molar-refractivity contribution >= 4 is 23.5 Å². The Morgan fingerprint density at radius 1 is 1.08 bits per heavy atom. The van der Waals surface area contributed by atoms with Crippen molar-refractivity contribution in [2.24, 2.45) is 5.92 Å². The molecule has 0 spiro atoms. The van der Waals surface area contributed by atoms with Crippen LogP contribution in [0, 0.1) is 5.92 Å². The predicted octanol–water partition coefficient (Wildman–Crippen LogP) is 2.78. The van der Waals surface area contributed by atoms with E-state index in [1.807, 2.05) is 17.0 Å². The molecule has 24 heavy (non-hydrogen) atoms. The summed E-state index contributed by atoms with van der Waals surface area (Å²) in [7, 11) is 0. The molecule has 1 fully saturated rings. The van der Waals surface area contributed by atoms with Gasteiger partial charge in [-0.15, -0.1) is 0 Å². The summed E-state index contributed by atoms with van der Waals surface area (Å²) in [4.78, 5) is 28.3. The Bertz CT molecular complexity index is 560. The minimum Gasteiger partial charge on any atom is -0.341 e. The fourth-order valence-corrected chi connectivity index (χ4v) is 2.79. The third kappa shape index (κ3) is 5.71. The van der Waals surface area contributed by atoms with Gasteiger partial charge in [0.05, 0.1) is 6.42 Å². The lowest BCUT2D eigenvalue weighted by molar-refractivity contribution is -0.130. The van der Waals surface area contributed by atoms with Crippen molar-refractivity contribution in [3.05, 3.63) is 34.9 Å². The molecule has 0 aliphatic carbocycles. The first-order valence-corrected chi connectivity index (χ1v) is 8.88. The first-order chi connectivity index (χ1) is 11.5. The number of nitrogens with zero attached hydrogens (tertiary/aromatic N) is 2.